The molecule has 3 heteroatoms. The Balaban J connectivity index is 2.85. The van der Waals surface area contributed by atoms with Gasteiger partial charge in [-0.3, -0.25) is 4.79 Å². The van der Waals surface area contributed by atoms with Crippen LogP contribution in [0.1, 0.15) is 46.5 Å². The van der Waals surface area contributed by atoms with E-state index in [1.807, 2.05) is 0 Å². The van der Waals surface area contributed by atoms with Gasteiger partial charge in [0.2, 0.25) is 5.91 Å². The van der Waals surface area contributed by atoms with E-state index in [4.69, 9.17) is 5.73 Å². The Morgan fingerprint density at radius 1 is 1.64 bits per heavy atom. The van der Waals surface area contributed by atoms with Crippen LogP contribution in [0.2, 0.25) is 0 Å². The van der Waals surface area contributed by atoms with Crippen LogP contribution in [0.15, 0.2) is 0 Å². The Bertz CT molecular complexity index is 215. The van der Waals surface area contributed by atoms with Gasteiger partial charge < -0.3 is 11.1 Å². The smallest absolute Gasteiger partial charge is 0.238 e. The summed E-state index contributed by atoms with van der Waals surface area (Å²) in [6.07, 6.45) is 4.17. The summed E-state index contributed by atoms with van der Waals surface area (Å²) in [6.45, 7) is 6.27. The van der Waals surface area contributed by atoms with Crippen molar-refractivity contribution in [1.82, 2.24) is 5.32 Å². The average Bonchev–Trinajstić information content (AvgIpc) is 2.47. The lowest BCUT2D eigenvalue weighted by Gasteiger charge is -2.35. The summed E-state index contributed by atoms with van der Waals surface area (Å²) >= 11 is 0. The summed E-state index contributed by atoms with van der Waals surface area (Å²) in [7, 11) is 0. The average molecular weight is 198 g/mol. The van der Waals surface area contributed by atoms with E-state index in [1.165, 1.54) is 0 Å². The Morgan fingerprint density at radius 3 is 2.71 bits per heavy atom. The molecule has 1 saturated carbocycles. The summed E-state index contributed by atoms with van der Waals surface area (Å²) in [6, 6.07) is 0.314. The van der Waals surface area contributed by atoms with Crippen molar-refractivity contribution in [3.8, 4) is 0 Å². The third-order valence-electron chi connectivity index (χ3n) is 3.30. The zero-order chi connectivity index (χ0) is 10.8. The van der Waals surface area contributed by atoms with E-state index in [0.29, 0.717) is 12.0 Å². The number of primary amides is 1. The molecule has 1 aliphatic carbocycles. The van der Waals surface area contributed by atoms with Gasteiger partial charge in [0.1, 0.15) is 5.54 Å². The van der Waals surface area contributed by atoms with E-state index in [-0.39, 0.29) is 5.91 Å². The van der Waals surface area contributed by atoms with Crippen molar-refractivity contribution >= 4 is 5.91 Å². The minimum Gasteiger partial charge on any atom is -0.368 e. The standard InChI is InChI=1S/C11H22N2O/c1-4-9-6-5-7-11(9,10(12)14)13-8(2)3/h8-9,13H,4-7H2,1-3H3,(H2,12,14). The quantitative estimate of drug-likeness (QED) is 0.717. The second kappa shape index (κ2) is 4.30. The molecule has 14 heavy (non-hydrogen) atoms. The predicted octanol–water partition coefficient (Wildman–Crippen LogP) is 1.42. The normalized spacial score (nSPS) is 32.4. The van der Waals surface area contributed by atoms with Crippen LogP contribution in [0.3, 0.4) is 0 Å². The maximum Gasteiger partial charge on any atom is 0.238 e. The number of rotatable bonds is 4. The van der Waals surface area contributed by atoms with Gasteiger partial charge in [-0.05, 0) is 32.6 Å². The van der Waals surface area contributed by atoms with Crippen molar-refractivity contribution in [2.75, 3.05) is 0 Å². The third kappa shape index (κ3) is 1.92. The van der Waals surface area contributed by atoms with Crippen molar-refractivity contribution in [3.63, 3.8) is 0 Å². The molecule has 0 aromatic heterocycles. The van der Waals surface area contributed by atoms with E-state index >= 15 is 0 Å². The molecule has 1 rings (SSSR count). The van der Waals surface area contributed by atoms with Gasteiger partial charge in [0, 0.05) is 6.04 Å². The fourth-order valence-corrected chi connectivity index (χ4v) is 2.73. The zero-order valence-corrected chi connectivity index (χ0v) is 9.47. The molecule has 0 aromatic rings. The molecule has 3 nitrogen and oxygen atoms in total. The number of nitrogens with one attached hydrogen (secondary N) is 1. The number of hydrogen-bond donors (Lipinski definition) is 2. The van der Waals surface area contributed by atoms with E-state index in [9.17, 15) is 4.79 Å². The molecule has 0 bridgehead atoms. The van der Waals surface area contributed by atoms with Gasteiger partial charge in [-0.15, -0.1) is 0 Å². The molecule has 2 atom stereocenters. The number of carbonyl (C=O) groups excluding carboxylic acids is 1. The molecule has 0 aliphatic heterocycles. The third-order valence-corrected chi connectivity index (χ3v) is 3.30. The van der Waals surface area contributed by atoms with Crippen molar-refractivity contribution in [2.45, 2.75) is 58.0 Å². The van der Waals surface area contributed by atoms with Crippen LogP contribution in [0.5, 0.6) is 0 Å². The van der Waals surface area contributed by atoms with Crippen LogP contribution in [-0.2, 0) is 4.79 Å². The predicted molar refractivity (Wildman–Crippen MR) is 57.8 cm³/mol. The number of carbonyl (C=O) groups is 1. The van der Waals surface area contributed by atoms with E-state index < -0.39 is 5.54 Å². The molecule has 0 spiro atoms. The van der Waals surface area contributed by atoms with Crippen molar-refractivity contribution in [2.24, 2.45) is 11.7 Å². The second-order valence-electron chi connectivity index (χ2n) is 4.63. The van der Waals surface area contributed by atoms with Crippen LogP contribution < -0.4 is 11.1 Å². The van der Waals surface area contributed by atoms with Gasteiger partial charge in [0.05, 0.1) is 0 Å². The largest absolute Gasteiger partial charge is 0.368 e. The maximum absolute atomic E-state index is 11.6. The lowest BCUT2D eigenvalue weighted by molar-refractivity contribution is -0.126. The highest BCUT2D eigenvalue weighted by molar-refractivity contribution is 5.85. The Hall–Kier alpha value is -0.570. The van der Waals surface area contributed by atoms with Gasteiger partial charge in [-0.1, -0.05) is 19.8 Å². The van der Waals surface area contributed by atoms with Crippen LogP contribution in [0.4, 0.5) is 0 Å². The lowest BCUT2D eigenvalue weighted by atomic mass is 9.84. The first-order valence-electron chi connectivity index (χ1n) is 5.60. The van der Waals surface area contributed by atoms with Gasteiger partial charge in [0.25, 0.3) is 0 Å². The Kier molecular flexibility index (Phi) is 3.53. The molecule has 3 N–H and O–H groups in total. The Labute approximate surface area is 86.4 Å². The highest BCUT2D eigenvalue weighted by atomic mass is 16.1. The van der Waals surface area contributed by atoms with Gasteiger partial charge >= 0.3 is 0 Å². The van der Waals surface area contributed by atoms with Gasteiger partial charge in [0.15, 0.2) is 0 Å². The molecular formula is C11H22N2O. The van der Waals surface area contributed by atoms with Crippen molar-refractivity contribution in [1.29, 1.82) is 0 Å². The molecule has 82 valence electrons. The van der Waals surface area contributed by atoms with Crippen LogP contribution in [-0.4, -0.2) is 17.5 Å². The number of nitrogens with two attached hydrogens (primary N) is 1. The fraction of sp³-hybridized carbons (Fsp3) is 0.909. The molecule has 0 saturated heterocycles. The molecule has 1 amide bonds. The molecule has 2 unspecified atom stereocenters. The highest BCUT2D eigenvalue weighted by Crippen LogP contribution is 2.37. The van der Waals surface area contributed by atoms with Crippen LogP contribution in [0.25, 0.3) is 0 Å². The maximum atomic E-state index is 11.6. The summed E-state index contributed by atoms with van der Waals surface area (Å²) < 4.78 is 0. The zero-order valence-electron chi connectivity index (χ0n) is 9.47. The van der Waals surface area contributed by atoms with E-state index in [1.54, 1.807) is 0 Å². The first kappa shape index (κ1) is 11.5. The van der Waals surface area contributed by atoms with Crippen LogP contribution in [0, 0.1) is 5.92 Å². The second-order valence-corrected chi connectivity index (χ2v) is 4.63. The first-order valence-corrected chi connectivity index (χ1v) is 5.60. The van der Waals surface area contributed by atoms with Gasteiger partial charge in [-0.25, -0.2) is 0 Å². The summed E-state index contributed by atoms with van der Waals surface area (Å²) in [4.78, 5) is 11.6. The fourth-order valence-electron chi connectivity index (χ4n) is 2.73. The lowest BCUT2D eigenvalue weighted by Crippen LogP contribution is -2.59. The monoisotopic (exact) mass is 198 g/mol. The Morgan fingerprint density at radius 2 is 2.29 bits per heavy atom. The van der Waals surface area contributed by atoms with Crippen molar-refractivity contribution < 1.29 is 4.79 Å². The van der Waals surface area contributed by atoms with Gasteiger partial charge in [-0.2, -0.15) is 0 Å². The number of amides is 1. The molecule has 0 aromatic carbocycles. The molecule has 0 heterocycles. The molecule has 0 radical (unpaired) electrons. The minimum absolute atomic E-state index is 0.171. The number of hydrogen-bond acceptors (Lipinski definition) is 2. The van der Waals surface area contributed by atoms with Crippen molar-refractivity contribution in [3.05, 3.63) is 0 Å². The SMILES string of the molecule is CCC1CCCC1(NC(C)C)C(N)=O. The van der Waals surface area contributed by atoms with Crippen LogP contribution >= 0.6 is 0 Å². The summed E-state index contributed by atoms with van der Waals surface area (Å²) in [5.41, 5.74) is 5.12. The summed E-state index contributed by atoms with van der Waals surface area (Å²) in [5, 5.41) is 3.38. The topological polar surface area (TPSA) is 55.1 Å². The molecule has 1 fully saturated rings. The summed E-state index contributed by atoms with van der Waals surface area (Å²) in [5.74, 6) is 0.248. The van der Waals surface area contributed by atoms with E-state index in [2.05, 4.69) is 26.1 Å². The minimum atomic E-state index is -0.428. The molecular weight excluding hydrogens is 176 g/mol. The first-order chi connectivity index (χ1) is 6.53. The molecule has 1 aliphatic rings. The highest BCUT2D eigenvalue weighted by Gasteiger charge is 2.46. The van der Waals surface area contributed by atoms with E-state index in [0.717, 1.165) is 25.7 Å².